The molecule has 0 aliphatic heterocycles. The smallest absolute Gasteiger partial charge is 0.252 e. The highest BCUT2D eigenvalue weighted by molar-refractivity contribution is 5.93. The van der Waals surface area contributed by atoms with Crippen LogP contribution in [0.25, 0.3) is 0 Å². The summed E-state index contributed by atoms with van der Waals surface area (Å²) in [5, 5.41) is 13.8. The van der Waals surface area contributed by atoms with Crippen molar-refractivity contribution in [3.05, 3.63) is 70.7 Å². The van der Waals surface area contributed by atoms with Crippen molar-refractivity contribution in [3.63, 3.8) is 0 Å². The molecule has 122 valence electrons. The van der Waals surface area contributed by atoms with E-state index < -0.39 is 0 Å². The number of benzene rings is 1. The van der Waals surface area contributed by atoms with E-state index in [-0.39, 0.29) is 5.91 Å². The average Bonchev–Trinajstić information content (AvgIpc) is 2.59. The molecule has 0 aliphatic rings. The topological polar surface area (TPSA) is 59.3 Å². The van der Waals surface area contributed by atoms with Gasteiger partial charge < -0.3 is 10.5 Å². The summed E-state index contributed by atoms with van der Waals surface area (Å²) in [6.07, 6.45) is 2.63. The van der Waals surface area contributed by atoms with Crippen molar-refractivity contribution in [2.75, 3.05) is 13.1 Å². The third kappa shape index (κ3) is 5.07. The van der Waals surface area contributed by atoms with Crippen LogP contribution in [0.15, 0.2) is 48.8 Å². The Morgan fingerprint density at radius 3 is 2.17 bits per heavy atom. The predicted octanol–water partition coefficient (Wildman–Crippen LogP) is 2.09. The summed E-state index contributed by atoms with van der Waals surface area (Å²) in [6.45, 7) is 7.80. The molecule has 1 amide bonds. The zero-order valence-corrected chi connectivity index (χ0v) is 13.7. The Kier molecular flexibility index (Phi) is 6.11. The molecule has 2 rings (SSSR count). The van der Waals surface area contributed by atoms with Crippen LogP contribution in [-0.4, -0.2) is 23.9 Å². The minimum absolute atomic E-state index is 0.183. The molecular weight excluding hydrogens is 290 g/mol. The van der Waals surface area contributed by atoms with Gasteiger partial charge in [-0.3, -0.25) is 9.69 Å². The summed E-state index contributed by atoms with van der Waals surface area (Å²) in [6, 6.07) is 11.3. The molecule has 1 aromatic carbocycles. The van der Waals surface area contributed by atoms with Gasteiger partial charge in [0.25, 0.3) is 5.91 Å². The molecule has 5 heteroatoms. The fourth-order valence-electron chi connectivity index (χ4n) is 2.32. The first kappa shape index (κ1) is 17.0. The highest BCUT2D eigenvalue weighted by atomic mass is 16.5. The Bertz CT molecular complexity index is 620. The summed E-state index contributed by atoms with van der Waals surface area (Å²) < 4.78 is 0.658. The lowest BCUT2D eigenvalue weighted by Crippen LogP contribution is -2.27. The van der Waals surface area contributed by atoms with Crippen LogP contribution in [-0.2, 0) is 13.1 Å². The molecule has 0 saturated carbocycles. The number of carbonyl (C=O) groups excluding carboxylic acids is 1. The summed E-state index contributed by atoms with van der Waals surface area (Å²) in [7, 11) is 0. The van der Waals surface area contributed by atoms with Crippen molar-refractivity contribution in [1.82, 2.24) is 10.2 Å². The van der Waals surface area contributed by atoms with E-state index in [1.807, 2.05) is 12.1 Å². The minimum Gasteiger partial charge on any atom is -0.619 e. The van der Waals surface area contributed by atoms with Crippen LogP contribution in [0.4, 0.5) is 0 Å². The van der Waals surface area contributed by atoms with Crippen LogP contribution in [0.3, 0.4) is 0 Å². The van der Waals surface area contributed by atoms with Crippen molar-refractivity contribution in [2.45, 2.75) is 26.9 Å². The Morgan fingerprint density at radius 1 is 1.04 bits per heavy atom. The molecule has 1 aromatic heterocycles. The van der Waals surface area contributed by atoms with E-state index in [0.29, 0.717) is 16.8 Å². The number of nitrogens with zero attached hydrogens (tertiary/aromatic N) is 2. The number of hydrogen-bond acceptors (Lipinski definition) is 3. The molecule has 1 N–H and O–H groups in total. The fraction of sp³-hybridized carbons (Fsp3) is 0.333. The molecule has 0 aliphatic carbocycles. The van der Waals surface area contributed by atoms with Crippen molar-refractivity contribution in [2.24, 2.45) is 0 Å². The average molecular weight is 313 g/mol. The fourth-order valence-corrected chi connectivity index (χ4v) is 2.32. The van der Waals surface area contributed by atoms with Gasteiger partial charge in [0.15, 0.2) is 12.4 Å². The van der Waals surface area contributed by atoms with E-state index in [1.54, 1.807) is 0 Å². The standard InChI is InChI=1S/C18H23N3O2/c1-3-20(4-2)14-16-7-5-15(6-8-16)13-19-18(22)17-9-11-21(23)12-10-17/h5-12H,3-4,13-14H2,1-2H3,(H,19,22). The third-order valence-electron chi connectivity index (χ3n) is 3.84. The number of hydrogen-bond donors (Lipinski definition) is 1. The van der Waals surface area contributed by atoms with Gasteiger partial charge in [-0.05, 0) is 24.2 Å². The van der Waals surface area contributed by atoms with E-state index in [9.17, 15) is 10.0 Å². The molecule has 0 unspecified atom stereocenters. The first-order chi connectivity index (χ1) is 11.1. The van der Waals surface area contributed by atoms with Gasteiger partial charge in [0.05, 0.1) is 5.56 Å². The molecule has 0 atom stereocenters. The van der Waals surface area contributed by atoms with Gasteiger partial charge in [-0.2, -0.15) is 4.73 Å². The van der Waals surface area contributed by atoms with E-state index in [1.165, 1.54) is 30.1 Å². The number of pyridine rings is 1. The van der Waals surface area contributed by atoms with Gasteiger partial charge in [0, 0.05) is 25.2 Å². The Balaban J connectivity index is 1.88. The number of amides is 1. The van der Waals surface area contributed by atoms with Crippen LogP contribution < -0.4 is 10.0 Å². The second kappa shape index (κ2) is 8.29. The minimum atomic E-state index is -0.183. The number of nitrogens with one attached hydrogen (secondary N) is 1. The van der Waals surface area contributed by atoms with E-state index in [4.69, 9.17) is 0 Å². The molecule has 0 bridgehead atoms. The van der Waals surface area contributed by atoms with Crippen molar-refractivity contribution in [3.8, 4) is 0 Å². The maximum Gasteiger partial charge on any atom is 0.252 e. The molecule has 0 fully saturated rings. The Morgan fingerprint density at radius 2 is 1.61 bits per heavy atom. The maximum atomic E-state index is 12.0. The molecule has 5 nitrogen and oxygen atoms in total. The lowest BCUT2D eigenvalue weighted by Gasteiger charge is -2.18. The van der Waals surface area contributed by atoms with E-state index in [0.717, 1.165) is 25.2 Å². The van der Waals surface area contributed by atoms with Gasteiger partial charge in [-0.1, -0.05) is 38.1 Å². The zero-order chi connectivity index (χ0) is 16.7. The summed E-state index contributed by atoms with van der Waals surface area (Å²) in [5.41, 5.74) is 2.80. The zero-order valence-electron chi connectivity index (χ0n) is 13.7. The molecule has 0 radical (unpaired) electrons. The largest absolute Gasteiger partial charge is 0.619 e. The third-order valence-corrected chi connectivity index (χ3v) is 3.84. The van der Waals surface area contributed by atoms with Gasteiger partial charge in [-0.25, -0.2) is 0 Å². The predicted molar refractivity (Wildman–Crippen MR) is 89.6 cm³/mol. The number of rotatable bonds is 7. The Labute approximate surface area is 137 Å². The summed E-state index contributed by atoms with van der Waals surface area (Å²) in [5.74, 6) is -0.183. The molecule has 0 spiro atoms. The van der Waals surface area contributed by atoms with Crippen molar-refractivity contribution in [1.29, 1.82) is 0 Å². The van der Waals surface area contributed by atoms with E-state index in [2.05, 4.69) is 36.2 Å². The number of carbonyl (C=O) groups is 1. The second-order valence-electron chi connectivity index (χ2n) is 5.41. The first-order valence-electron chi connectivity index (χ1n) is 7.89. The highest BCUT2D eigenvalue weighted by Gasteiger charge is 2.06. The van der Waals surface area contributed by atoms with Crippen LogP contribution >= 0.6 is 0 Å². The van der Waals surface area contributed by atoms with Crippen LogP contribution in [0.1, 0.15) is 35.3 Å². The SMILES string of the molecule is CCN(CC)Cc1ccc(CNC(=O)c2cc[n+]([O-])cc2)cc1. The lowest BCUT2D eigenvalue weighted by molar-refractivity contribution is -0.605. The first-order valence-corrected chi connectivity index (χ1v) is 7.89. The monoisotopic (exact) mass is 313 g/mol. The summed E-state index contributed by atoms with van der Waals surface area (Å²) in [4.78, 5) is 14.3. The van der Waals surface area contributed by atoms with Gasteiger partial charge >= 0.3 is 0 Å². The molecular formula is C18H23N3O2. The molecule has 1 heterocycles. The van der Waals surface area contributed by atoms with Crippen molar-refractivity contribution >= 4 is 5.91 Å². The molecule has 23 heavy (non-hydrogen) atoms. The maximum absolute atomic E-state index is 12.0. The van der Waals surface area contributed by atoms with E-state index >= 15 is 0 Å². The lowest BCUT2D eigenvalue weighted by atomic mass is 10.1. The van der Waals surface area contributed by atoms with Gasteiger partial charge in [0.2, 0.25) is 0 Å². The van der Waals surface area contributed by atoms with Crippen LogP contribution in [0, 0.1) is 5.21 Å². The molecule has 0 saturated heterocycles. The second-order valence-corrected chi connectivity index (χ2v) is 5.41. The molecule has 2 aromatic rings. The quantitative estimate of drug-likeness (QED) is 0.629. The van der Waals surface area contributed by atoms with Gasteiger partial charge in [0.1, 0.15) is 0 Å². The van der Waals surface area contributed by atoms with Crippen LogP contribution in [0.2, 0.25) is 0 Å². The number of aromatic nitrogens is 1. The highest BCUT2D eigenvalue weighted by Crippen LogP contribution is 2.08. The normalized spacial score (nSPS) is 10.7. The van der Waals surface area contributed by atoms with Crippen molar-refractivity contribution < 1.29 is 9.52 Å². The summed E-state index contributed by atoms with van der Waals surface area (Å²) >= 11 is 0. The van der Waals surface area contributed by atoms with Gasteiger partial charge in [-0.15, -0.1) is 0 Å². The Hall–Kier alpha value is -2.40. The van der Waals surface area contributed by atoms with Crippen LogP contribution in [0.5, 0.6) is 0 Å².